The molecule has 2 heterocycles. The van der Waals surface area contributed by atoms with Crippen molar-refractivity contribution in [1.82, 2.24) is 15.8 Å². The Kier molecular flexibility index (Phi) is 6.70. The van der Waals surface area contributed by atoms with Gasteiger partial charge in [-0.1, -0.05) is 42.5 Å². The summed E-state index contributed by atoms with van der Waals surface area (Å²) in [6.45, 7) is 5.45. The molecule has 28 heavy (non-hydrogen) atoms. The predicted molar refractivity (Wildman–Crippen MR) is 109 cm³/mol. The standard InChI is InChI=1S/C23H30FN3O/c24-21-10-4-8-19(14-21)22-15-25-26-23(22)20-9-5-11-27(16-20)12-13-28-17-18-6-2-1-3-7-18/h1-4,6-8,10,14,20,22-23,25-26H,5,9,11-13,15-17H2. The van der Waals surface area contributed by atoms with Gasteiger partial charge in [0, 0.05) is 31.6 Å². The topological polar surface area (TPSA) is 36.5 Å². The number of piperidine rings is 1. The van der Waals surface area contributed by atoms with Crippen LogP contribution < -0.4 is 10.9 Å². The SMILES string of the molecule is Fc1cccc(C2CNNC2C2CCCN(CCOCc3ccccc3)C2)c1. The summed E-state index contributed by atoms with van der Waals surface area (Å²) < 4.78 is 19.6. The molecule has 0 saturated carbocycles. The van der Waals surface area contributed by atoms with Gasteiger partial charge in [-0.3, -0.25) is 10.9 Å². The minimum Gasteiger partial charge on any atom is -0.375 e. The number of halogens is 1. The summed E-state index contributed by atoms with van der Waals surface area (Å²) in [5, 5.41) is 0. The quantitative estimate of drug-likeness (QED) is 0.720. The van der Waals surface area contributed by atoms with Crippen molar-refractivity contribution >= 4 is 0 Å². The Morgan fingerprint density at radius 3 is 2.86 bits per heavy atom. The van der Waals surface area contributed by atoms with Gasteiger partial charge < -0.3 is 9.64 Å². The van der Waals surface area contributed by atoms with Gasteiger partial charge in [-0.05, 0) is 48.6 Å². The molecule has 4 rings (SSSR count). The molecule has 5 heteroatoms. The van der Waals surface area contributed by atoms with Crippen molar-refractivity contribution in [2.75, 3.05) is 32.8 Å². The van der Waals surface area contributed by atoms with Gasteiger partial charge in [0.25, 0.3) is 0 Å². The first-order valence-corrected chi connectivity index (χ1v) is 10.4. The highest BCUT2D eigenvalue weighted by Crippen LogP contribution is 2.31. The summed E-state index contributed by atoms with van der Waals surface area (Å²) in [6, 6.07) is 17.7. The Hall–Kier alpha value is -1.79. The molecule has 2 aliphatic heterocycles. The van der Waals surface area contributed by atoms with Crippen molar-refractivity contribution in [2.45, 2.75) is 31.4 Å². The Bertz CT molecular complexity index is 742. The van der Waals surface area contributed by atoms with Crippen LogP contribution in [0.1, 0.15) is 29.9 Å². The zero-order valence-corrected chi connectivity index (χ0v) is 16.3. The molecule has 2 aromatic carbocycles. The summed E-state index contributed by atoms with van der Waals surface area (Å²) in [5.41, 5.74) is 9.09. The molecule has 0 bridgehead atoms. The highest BCUT2D eigenvalue weighted by Gasteiger charge is 2.36. The lowest BCUT2D eigenvalue weighted by Gasteiger charge is -2.37. The van der Waals surface area contributed by atoms with Crippen LogP contribution in [-0.2, 0) is 11.3 Å². The lowest BCUT2D eigenvalue weighted by Crippen LogP contribution is -2.47. The Balaban J connectivity index is 1.28. The van der Waals surface area contributed by atoms with E-state index in [4.69, 9.17) is 4.74 Å². The Labute approximate surface area is 167 Å². The van der Waals surface area contributed by atoms with Gasteiger partial charge in [0.05, 0.1) is 13.2 Å². The van der Waals surface area contributed by atoms with E-state index in [0.29, 0.717) is 24.5 Å². The Morgan fingerprint density at radius 1 is 1.11 bits per heavy atom. The maximum atomic E-state index is 13.7. The monoisotopic (exact) mass is 383 g/mol. The minimum absolute atomic E-state index is 0.149. The lowest BCUT2D eigenvalue weighted by atomic mass is 9.81. The number of ether oxygens (including phenoxy) is 1. The van der Waals surface area contributed by atoms with Gasteiger partial charge in [-0.25, -0.2) is 4.39 Å². The largest absolute Gasteiger partial charge is 0.375 e. The van der Waals surface area contributed by atoms with E-state index in [1.54, 1.807) is 6.07 Å². The third-order valence-electron chi connectivity index (χ3n) is 6.01. The third-order valence-corrected chi connectivity index (χ3v) is 6.01. The first-order chi connectivity index (χ1) is 13.8. The van der Waals surface area contributed by atoms with E-state index in [-0.39, 0.29) is 5.82 Å². The molecular formula is C23H30FN3O. The van der Waals surface area contributed by atoms with Crippen LogP contribution >= 0.6 is 0 Å². The van der Waals surface area contributed by atoms with Crippen molar-refractivity contribution in [3.05, 3.63) is 71.5 Å². The molecule has 2 saturated heterocycles. The number of nitrogens with one attached hydrogen (secondary N) is 2. The van der Waals surface area contributed by atoms with E-state index in [1.807, 2.05) is 30.3 Å². The van der Waals surface area contributed by atoms with Crippen LogP contribution in [0.3, 0.4) is 0 Å². The summed E-state index contributed by atoms with van der Waals surface area (Å²) in [7, 11) is 0. The van der Waals surface area contributed by atoms with Gasteiger partial charge in [0.1, 0.15) is 5.82 Å². The fourth-order valence-electron chi connectivity index (χ4n) is 4.57. The van der Waals surface area contributed by atoms with Crippen LogP contribution in [0.2, 0.25) is 0 Å². The van der Waals surface area contributed by atoms with Gasteiger partial charge in [-0.2, -0.15) is 0 Å². The molecule has 0 aliphatic carbocycles. The maximum absolute atomic E-state index is 13.7. The van der Waals surface area contributed by atoms with E-state index < -0.39 is 0 Å². The fourth-order valence-corrected chi connectivity index (χ4v) is 4.57. The zero-order chi connectivity index (χ0) is 19.2. The van der Waals surface area contributed by atoms with Crippen molar-refractivity contribution in [3.8, 4) is 0 Å². The molecule has 2 fully saturated rings. The van der Waals surface area contributed by atoms with E-state index in [2.05, 4.69) is 27.9 Å². The molecule has 2 aromatic rings. The smallest absolute Gasteiger partial charge is 0.123 e. The van der Waals surface area contributed by atoms with Crippen molar-refractivity contribution < 1.29 is 9.13 Å². The number of hydrazine groups is 1. The van der Waals surface area contributed by atoms with Crippen LogP contribution in [0.5, 0.6) is 0 Å². The number of rotatable bonds is 7. The number of benzene rings is 2. The second-order valence-corrected chi connectivity index (χ2v) is 7.95. The third kappa shape index (κ3) is 4.97. The molecule has 4 nitrogen and oxygen atoms in total. The van der Waals surface area contributed by atoms with Crippen molar-refractivity contribution in [3.63, 3.8) is 0 Å². The number of hydrogen-bond acceptors (Lipinski definition) is 4. The molecule has 150 valence electrons. The van der Waals surface area contributed by atoms with Crippen LogP contribution in [0.25, 0.3) is 0 Å². The molecule has 0 radical (unpaired) electrons. The maximum Gasteiger partial charge on any atom is 0.123 e. The number of likely N-dealkylation sites (tertiary alicyclic amines) is 1. The highest BCUT2D eigenvalue weighted by atomic mass is 19.1. The van der Waals surface area contributed by atoms with E-state index >= 15 is 0 Å². The van der Waals surface area contributed by atoms with E-state index in [0.717, 1.165) is 38.3 Å². The molecule has 3 atom stereocenters. The van der Waals surface area contributed by atoms with E-state index in [9.17, 15) is 4.39 Å². The van der Waals surface area contributed by atoms with Crippen LogP contribution in [0.15, 0.2) is 54.6 Å². The molecule has 0 aromatic heterocycles. The summed E-state index contributed by atoms with van der Waals surface area (Å²) in [4.78, 5) is 2.52. The molecule has 0 spiro atoms. The first kappa shape index (κ1) is 19.5. The second kappa shape index (κ2) is 9.61. The van der Waals surface area contributed by atoms with Crippen molar-refractivity contribution in [2.24, 2.45) is 5.92 Å². The number of hydrogen-bond donors (Lipinski definition) is 2. The lowest BCUT2D eigenvalue weighted by molar-refractivity contribution is 0.0701. The fraction of sp³-hybridized carbons (Fsp3) is 0.478. The molecular weight excluding hydrogens is 353 g/mol. The average Bonchev–Trinajstić information content (AvgIpc) is 3.22. The number of nitrogens with zero attached hydrogens (tertiary/aromatic N) is 1. The van der Waals surface area contributed by atoms with Crippen LogP contribution in [0, 0.1) is 11.7 Å². The molecule has 0 amide bonds. The van der Waals surface area contributed by atoms with Crippen LogP contribution in [0.4, 0.5) is 4.39 Å². The Morgan fingerprint density at radius 2 is 2.00 bits per heavy atom. The predicted octanol–water partition coefficient (Wildman–Crippen LogP) is 3.31. The first-order valence-electron chi connectivity index (χ1n) is 10.4. The minimum atomic E-state index is -0.149. The van der Waals surface area contributed by atoms with Crippen molar-refractivity contribution in [1.29, 1.82) is 0 Å². The molecule has 2 N–H and O–H groups in total. The highest BCUT2D eigenvalue weighted by molar-refractivity contribution is 5.24. The average molecular weight is 384 g/mol. The summed E-state index contributed by atoms with van der Waals surface area (Å²) in [6.07, 6.45) is 2.42. The second-order valence-electron chi connectivity index (χ2n) is 7.95. The van der Waals surface area contributed by atoms with Gasteiger partial charge in [0.2, 0.25) is 0 Å². The van der Waals surface area contributed by atoms with Crippen LogP contribution in [-0.4, -0.2) is 43.7 Å². The normalized spacial score (nSPS) is 25.8. The van der Waals surface area contributed by atoms with Gasteiger partial charge in [-0.15, -0.1) is 0 Å². The summed E-state index contributed by atoms with van der Waals surface area (Å²) in [5.74, 6) is 0.727. The van der Waals surface area contributed by atoms with E-state index in [1.165, 1.54) is 24.5 Å². The zero-order valence-electron chi connectivity index (χ0n) is 16.3. The molecule has 3 unspecified atom stereocenters. The van der Waals surface area contributed by atoms with Gasteiger partial charge in [0.15, 0.2) is 0 Å². The summed E-state index contributed by atoms with van der Waals surface area (Å²) >= 11 is 0. The van der Waals surface area contributed by atoms with Gasteiger partial charge >= 0.3 is 0 Å². The molecule has 2 aliphatic rings.